The second kappa shape index (κ2) is 8.33. The van der Waals surface area contributed by atoms with Gasteiger partial charge in [-0.25, -0.2) is 4.98 Å². The van der Waals surface area contributed by atoms with Crippen LogP contribution in [0, 0.1) is 20.8 Å². The molecule has 0 radical (unpaired) electrons. The quantitative estimate of drug-likeness (QED) is 0.577. The first-order valence-corrected chi connectivity index (χ1v) is 9.25. The van der Waals surface area contributed by atoms with Crippen LogP contribution in [0.25, 0.3) is 0 Å². The Kier molecular flexibility index (Phi) is 6.41. The summed E-state index contributed by atoms with van der Waals surface area (Å²) in [7, 11) is 0. The molecule has 0 aliphatic carbocycles. The molecule has 0 aromatic carbocycles. The van der Waals surface area contributed by atoms with Crippen molar-refractivity contribution in [3.8, 4) is 0 Å². The van der Waals surface area contributed by atoms with Crippen molar-refractivity contribution in [2.45, 2.75) is 58.0 Å². The Morgan fingerprint density at radius 1 is 1.40 bits per heavy atom. The third kappa shape index (κ3) is 4.94. The highest BCUT2D eigenvalue weighted by Crippen LogP contribution is 2.18. The summed E-state index contributed by atoms with van der Waals surface area (Å²) in [4.78, 5) is 30.6. The highest BCUT2D eigenvalue weighted by atomic mass is 32.2. The van der Waals surface area contributed by atoms with Crippen LogP contribution in [0.5, 0.6) is 0 Å². The molecule has 7 nitrogen and oxygen atoms in total. The molecule has 0 aliphatic rings. The first-order chi connectivity index (χ1) is 11.8. The Morgan fingerprint density at radius 3 is 2.72 bits per heavy atom. The molecule has 0 fully saturated rings. The lowest BCUT2D eigenvalue weighted by Crippen LogP contribution is -2.33. The molecule has 8 heteroatoms. The summed E-state index contributed by atoms with van der Waals surface area (Å²) in [5.74, 6) is -0.0913. The number of hydrogen-bond donors (Lipinski definition) is 2. The number of aromatic nitrogens is 4. The van der Waals surface area contributed by atoms with Gasteiger partial charge in [0.1, 0.15) is 0 Å². The van der Waals surface area contributed by atoms with E-state index in [0.29, 0.717) is 23.9 Å². The number of nitrogens with one attached hydrogen (secondary N) is 2. The molecule has 2 aromatic rings. The van der Waals surface area contributed by atoms with Gasteiger partial charge in [0, 0.05) is 24.0 Å². The van der Waals surface area contributed by atoms with Crippen LogP contribution in [-0.4, -0.2) is 37.5 Å². The SMILES string of the molecule is CCc1c(C)nn(CCNC(=O)[C@H](C)Sc2nc(C)cc(=O)[nH]2)c1C. The van der Waals surface area contributed by atoms with E-state index in [1.54, 1.807) is 13.8 Å². The number of amides is 1. The molecule has 2 N–H and O–H groups in total. The van der Waals surface area contributed by atoms with Gasteiger partial charge in [0.2, 0.25) is 5.91 Å². The molecule has 0 saturated heterocycles. The third-order valence-corrected chi connectivity index (χ3v) is 5.00. The number of aromatic amines is 1. The topological polar surface area (TPSA) is 92.7 Å². The number of thioether (sulfide) groups is 1. The fourth-order valence-corrected chi connectivity index (χ4v) is 3.60. The van der Waals surface area contributed by atoms with Gasteiger partial charge in [-0.15, -0.1) is 0 Å². The standard InChI is InChI=1S/C17H25N5O2S/c1-6-14-11(3)21-22(12(14)4)8-7-18-16(24)13(5)25-17-19-10(2)9-15(23)20-17/h9,13H,6-8H2,1-5H3,(H,18,24)(H,19,20,23)/t13-/m0/s1. The highest BCUT2D eigenvalue weighted by molar-refractivity contribution is 8.00. The molecule has 2 heterocycles. The lowest BCUT2D eigenvalue weighted by atomic mass is 10.1. The average Bonchev–Trinajstić information content (AvgIpc) is 2.79. The van der Waals surface area contributed by atoms with Crippen LogP contribution in [0.4, 0.5) is 0 Å². The van der Waals surface area contributed by atoms with Crippen molar-refractivity contribution in [3.05, 3.63) is 39.1 Å². The number of rotatable bonds is 7. The Morgan fingerprint density at radius 2 is 2.12 bits per heavy atom. The van der Waals surface area contributed by atoms with E-state index in [1.807, 2.05) is 11.6 Å². The zero-order chi connectivity index (χ0) is 18.6. The van der Waals surface area contributed by atoms with E-state index in [2.05, 4.69) is 34.2 Å². The minimum Gasteiger partial charge on any atom is -0.353 e. The van der Waals surface area contributed by atoms with Crippen LogP contribution < -0.4 is 10.9 Å². The number of nitrogens with zero attached hydrogens (tertiary/aromatic N) is 3. The molecule has 1 amide bonds. The second-order valence-corrected chi connectivity index (χ2v) is 7.30. The molecule has 0 bridgehead atoms. The van der Waals surface area contributed by atoms with Crippen molar-refractivity contribution in [2.24, 2.45) is 0 Å². The monoisotopic (exact) mass is 363 g/mol. The Balaban J connectivity index is 1.88. The molecule has 136 valence electrons. The molecular weight excluding hydrogens is 338 g/mol. The number of H-pyrrole nitrogens is 1. The van der Waals surface area contributed by atoms with Crippen LogP contribution in [0.1, 0.15) is 36.5 Å². The van der Waals surface area contributed by atoms with Gasteiger partial charge < -0.3 is 10.3 Å². The zero-order valence-corrected chi connectivity index (χ0v) is 16.2. The fraction of sp³-hybridized carbons (Fsp3) is 0.529. The maximum Gasteiger partial charge on any atom is 0.251 e. The smallest absolute Gasteiger partial charge is 0.251 e. The number of hydrogen-bond acceptors (Lipinski definition) is 5. The summed E-state index contributed by atoms with van der Waals surface area (Å²) in [6.07, 6.45) is 0.958. The van der Waals surface area contributed by atoms with E-state index in [9.17, 15) is 9.59 Å². The summed E-state index contributed by atoms with van der Waals surface area (Å²) in [5.41, 5.74) is 3.89. The summed E-state index contributed by atoms with van der Waals surface area (Å²) in [5, 5.41) is 7.54. The van der Waals surface area contributed by atoms with Crippen LogP contribution in [-0.2, 0) is 17.8 Å². The minimum absolute atomic E-state index is 0.0913. The van der Waals surface area contributed by atoms with Crippen LogP contribution in [0.3, 0.4) is 0 Å². The van der Waals surface area contributed by atoms with Gasteiger partial charge in [0.25, 0.3) is 5.56 Å². The van der Waals surface area contributed by atoms with Crippen LogP contribution >= 0.6 is 11.8 Å². The van der Waals surface area contributed by atoms with Crippen LogP contribution in [0.2, 0.25) is 0 Å². The van der Waals surface area contributed by atoms with Gasteiger partial charge >= 0.3 is 0 Å². The predicted octanol–water partition coefficient (Wildman–Crippen LogP) is 1.75. The molecule has 0 unspecified atom stereocenters. The third-order valence-electron chi connectivity index (χ3n) is 4.01. The van der Waals surface area contributed by atoms with Gasteiger partial charge in [-0.3, -0.25) is 14.3 Å². The maximum atomic E-state index is 12.2. The zero-order valence-electron chi connectivity index (χ0n) is 15.3. The van der Waals surface area contributed by atoms with E-state index < -0.39 is 0 Å². The first kappa shape index (κ1) is 19.2. The van der Waals surface area contributed by atoms with Crippen molar-refractivity contribution in [3.63, 3.8) is 0 Å². The Hall–Kier alpha value is -2.09. The number of carbonyl (C=O) groups excluding carboxylic acids is 1. The van der Waals surface area contributed by atoms with Gasteiger partial charge in [-0.2, -0.15) is 5.10 Å². The van der Waals surface area contributed by atoms with Crippen molar-refractivity contribution in [2.75, 3.05) is 6.54 Å². The van der Waals surface area contributed by atoms with Crippen molar-refractivity contribution in [1.82, 2.24) is 25.1 Å². The second-order valence-electron chi connectivity index (χ2n) is 5.97. The maximum absolute atomic E-state index is 12.2. The van der Waals surface area contributed by atoms with E-state index in [0.717, 1.165) is 17.8 Å². The van der Waals surface area contributed by atoms with Gasteiger partial charge in [0.05, 0.1) is 17.5 Å². The summed E-state index contributed by atoms with van der Waals surface area (Å²) >= 11 is 1.24. The predicted molar refractivity (Wildman–Crippen MR) is 99.0 cm³/mol. The van der Waals surface area contributed by atoms with Crippen molar-refractivity contribution >= 4 is 17.7 Å². The largest absolute Gasteiger partial charge is 0.353 e. The summed E-state index contributed by atoms with van der Waals surface area (Å²) in [6, 6.07) is 1.42. The molecule has 25 heavy (non-hydrogen) atoms. The van der Waals surface area contributed by atoms with Crippen molar-refractivity contribution < 1.29 is 4.79 Å². The molecule has 2 rings (SSSR count). The lowest BCUT2D eigenvalue weighted by Gasteiger charge is -2.12. The molecule has 1 atom stereocenters. The van der Waals surface area contributed by atoms with Gasteiger partial charge in [-0.1, -0.05) is 18.7 Å². The molecule has 0 aliphatic heterocycles. The molecule has 0 spiro atoms. The molecule has 2 aromatic heterocycles. The van der Waals surface area contributed by atoms with Gasteiger partial charge in [0.15, 0.2) is 5.16 Å². The first-order valence-electron chi connectivity index (χ1n) is 8.37. The normalized spacial score (nSPS) is 12.2. The number of carbonyl (C=O) groups is 1. The number of aryl methyl sites for hydroxylation is 2. The van der Waals surface area contributed by atoms with E-state index in [4.69, 9.17) is 0 Å². The molecular formula is C17H25N5O2S. The van der Waals surface area contributed by atoms with E-state index in [-0.39, 0.29) is 16.7 Å². The van der Waals surface area contributed by atoms with E-state index >= 15 is 0 Å². The lowest BCUT2D eigenvalue weighted by molar-refractivity contribution is -0.120. The highest BCUT2D eigenvalue weighted by Gasteiger charge is 2.16. The Labute approximate surface area is 151 Å². The summed E-state index contributed by atoms with van der Waals surface area (Å²) in [6.45, 7) is 10.9. The summed E-state index contributed by atoms with van der Waals surface area (Å²) < 4.78 is 1.94. The average molecular weight is 363 g/mol. The van der Waals surface area contributed by atoms with E-state index in [1.165, 1.54) is 23.4 Å². The Bertz CT molecular complexity index is 812. The van der Waals surface area contributed by atoms with Gasteiger partial charge in [-0.05, 0) is 39.7 Å². The van der Waals surface area contributed by atoms with Crippen LogP contribution in [0.15, 0.2) is 16.0 Å². The minimum atomic E-state index is -0.350. The molecule has 0 saturated carbocycles. The fourth-order valence-electron chi connectivity index (χ4n) is 2.72. The van der Waals surface area contributed by atoms with Crippen molar-refractivity contribution in [1.29, 1.82) is 0 Å².